The lowest BCUT2D eigenvalue weighted by atomic mass is 9.92. The molecule has 0 saturated carbocycles. The number of hydrogen-bond acceptors (Lipinski definition) is 2. The number of hydrogen-bond donors (Lipinski definition) is 1. The Morgan fingerprint density at radius 3 is 2.71 bits per heavy atom. The Balaban J connectivity index is 1.99. The van der Waals surface area contributed by atoms with E-state index >= 15 is 0 Å². The van der Waals surface area contributed by atoms with Gasteiger partial charge in [0.25, 0.3) is 0 Å². The molecule has 1 N–H and O–H groups in total. The van der Waals surface area contributed by atoms with Gasteiger partial charge in [-0.25, -0.2) is 0 Å². The van der Waals surface area contributed by atoms with E-state index in [0.29, 0.717) is 24.0 Å². The molecule has 3 heteroatoms. The van der Waals surface area contributed by atoms with Crippen LogP contribution in [0.5, 0.6) is 0 Å². The van der Waals surface area contributed by atoms with Gasteiger partial charge in [-0.1, -0.05) is 41.9 Å². The van der Waals surface area contributed by atoms with E-state index in [1.807, 2.05) is 0 Å². The van der Waals surface area contributed by atoms with E-state index in [0.717, 1.165) is 24.0 Å². The first-order valence-electron chi connectivity index (χ1n) is 8.16. The molecule has 0 spiro atoms. The molecule has 0 amide bonds. The van der Waals surface area contributed by atoms with Gasteiger partial charge in [-0.2, -0.15) is 0 Å². The van der Waals surface area contributed by atoms with Crippen LogP contribution in [-0.4, -0.2) is 25.3 Å². The third-order valence-electron chi connectivity index (χ3n) is 4.13. The maximum atomic E-state index is 6.03. The predicted molar refractivity (Wildman–Crippen MR) is 92.8 cm³/mol. The van der Waals surface area contributed by atoms with Crippen LogP contribution < -0.4 is 5.32 Å². The standard InChI is InChI=1S/C18H28BrNO/c1-13(2)11-20-12-16(10-18-8-7-14(3)21-18)15-5-4-6-17(19)9-15/h4-6,9,13-14,16,18,20H,7-8,10-12H2,1-3H3. The maximum Gasteiger partial charge on any atom is 0.0586 e. The van der Waals surface area contributed by atoms with E-state index in [1.54, 1.807) is 0 Å². The molecule has 118 valence electrons. The Hall–Kier alpha value is -0.380. The van der Waals surface area contributed by atoms with Gasteiger partial charge in [0.05, 0.1) is 12.2 Å². The number of benzene rings is 1. The minimum Gasteiger partial charge on any atom is -0.375 e. The number of nitrogens with one attached hydrogen (secondary N) is 1. The molecule has 3 unspecified atom stereocenters. The van der Waals surface area contributed by atoms with Crippen LogP contribution in [0.25, 0.3) is 0 Å². The average Bonchev–Trinajstić information content (AvgIpc) is 2.83. The summed E-state index contributed by atoms with van der Waals surface area (Å²) in [5.41, 5.74) is 1.41. The normalized spacial score (nSPS) is 23.7. The summed E-state index contributed by atoms with van der Waals surface area (Å²) in [5.74, 6) is 1.22. The van der Waals surface area contributed by atoms with Crippen molar-refractivity contribution in [2.45, 2.75) is 58.2 Å². The second kappa shape index (κ2) is 8.30. The van der Waals surface area contributed by atoms with Gasteiger partial charge in [-0.3, -0.25) is 0 Å². The summed E-state index contributed by atoms with van der Waals surface area (Å²) in [4.78, 5) is 0. The average molecular weight is 354 g/mol. The number of rotatable bonds is 7. The molecule has 0 aliphatic carbocycles. The van der Waals surface area contributed by atoms with E-state index in [9.17, 15) is 0 Å². The van der Waals surface area contributed by atoms with Crippen molar-refractivity contribution >= 4 is 15.9 Å². The second-order valence-electron chi connectivity index (χ2n) is 6.69. The molecule has 0 radical (unpaired) electrons. The highest BCUT2D eigenvalue weighted by atomic mass is 79.9. The maximum absolute atomic E-state index is 6.03. The van der Waals surface area contributed by atoms with Crippen LogP contribution in [0.3, 0.4) is 0 Å². The molecule has 1 aliphatic rings. The zero-order chi connectivity index (χ0) is 15.2. The van der Waals surface area contributed by atoms with Crippen molar-refractivity contribution < 1.29 is 4.74 Å². The van der Waals surface area contributed by atoms with Gasteiger partial charge < -0.3 is 10.1 Å². The van der Waals surface area contributed by atoms with Gasteiger partial charge >= 0.3 is 0 Å². The lowest BCUT2D eigenvalue weighted by Crippen LogP contribution is -2.27. The molecule has 0 bridgehead atoms. The van der Waals surface area contributed by atoms with E-state index in [2.05, 4.69) is 66.3 Å². The van der Waals surface area contributed by atoms with Gasteiger partial charge in [0.1, 0.15) is 0 Å². The highest BCUT2D eigenvalue weighted by Gasteiger charge is 2.25. The quantitative estimate of drug-likeness (QED) is 0.764. The third-order valence-corrected chi connectivity index (χ3v) is 4.62. The van der Waals surface area contributed by atoms with Gasteiger partial charge in [0.2, 0.25) is 0 Å². The first-order chi connectivity index (χ1) is 10.0. The number of halogens is 1. The smallest absolute Gasteiger partial charge is 0.0586 e. The van der Waals surface area contributed by atoms with Crippen LogP contribution in [0.15, 0.2) is 28.7 Å². The Morgan fingerprint density at radius 2 is 2.10 bits per heavy atom. The molecule has 1 heterocycles. The van der Waals surface area contributed by atoms with Crippen LogP contribution in [0, 0.1) is 5.92 Å². The third kappa shape index (κ3) is 5.72. The van der Waals surface area contributed by atoms with Crippen molar-refractivity contribution in [3.05, 3.63) is 34.3 Å². The molecule has 1 aromatic carbocycles. The SMILES string of the molecule is CC(C)CNCC(CC1CCC(C)O1)c1cccc(Br)c1. The molecule has 2 rings (SSSR count). The Bertz CT molecular complexity index is 435. The Kier molecular flexibility index (Phi) is 6.72. The van der Waals surface area contributed by atoms with Crippen molar-refractivity contribution in [1.29, 1.82) is 0 Å². The molecule has 21 heavy (non-hydrogen) atoms. The summed E-state index contributed by atoms with van der Waals surface area (Å²) in [6.45, 7) is 8.80. The van der Waals surface area contributed by atoms with Crippen molar-refractivity contribution in [1.82, 2.24) is 5.32 Å². The molecule has 1 saturated heterocycles. The minimum absolute atomic E-state index is 0.421. The van der Waals surface area contributed by atoms with Gasteiger partial charge in [-0.15, -0.1) is 0 Å². The molecule has 1 fully saturated rings. The first-order valence-corrected chi connectivity index (χ1v) is 8.95. The lowest BCUT2D eigenvalue weighted by Gasteiger charge is -2.22. The zero-order valence-electron chi connectivity index (χ0n) is 13.4. The summed E-state index contributed by atoms with van der Waals surface area (Å²) in [6, 6.07) is 8.72. The summed E-state index contributed by atoms with van der Waals surface area (Å²) < 4.78 is 7.19. The molecule has 0 aromatic heterocycles. The molecule has 1 aromatic rings. The first kappa shape index (κ1) is 17.0. The van der Waals surface area contributed by atoms with Crippen molar-refractivity contribution in [2.75, 3.05) is 13.1 Å². The van der Waals surface area contributed by atoms with Gasteiger partial charge in [-0.05, 0) is 62.3 Å². The van der Waals surface area contributed by atoms with E-state index in [4.69, 9.17) is 4.74 Å². The topological polar surface area (TPSA) is 21.3 Å². The van der Waals surface area contributed by atoms with E-state index in [1.165, 1.54) is 18.4 Å². The molecular weight excluding hydrogens is 326 g/mol. The lowest BCUT2D eigenvalue weighted by molar-refractivity contribution is 0.0465. The Labute approximate surface area is 137 Å². The van der Waals surface area contributed by atoms with Crippen LogP contribution in [-0.2, 0) is 4.74 Å². The fourth-order valence-electron chi connectivity index (χ4n) is 3.02. The summed E-state index contributed by atoms with van der Waals surface area (Å²) >= 11 is 3.59. The van der Waals surface area contributed by atoms with Crippen LogP contribution >= 0.6 is 15.9 Å². The van der Waals surface area contributed by atoms with Crippen LogP contribution in [0.4, 0.5) is 0 Å². The van der Waals surface area contributed by atoms with Crippen molar-refractivity contribution in [2.24, 2.45) is 5.92 Å². The molecule has 1 aliphatic heterocycles. The molecule has 2 nitrogen and oxygen atoms in total. The zero-order valence-corrected chi connectivity index (χ0v) is 15.0. The monoisotopic (exact) mass is 353 g/mol. The largest absolute Gasteiger partial charge is 0.375 e. The van der Waals surface area contributed by atoms with Crippen molar-refractivity contribution in [3.8, 4) is 0 Å². The highest BCUT2D eigenvalue weighted by Crippen LogP contribution is 2.30. The van der Waals surface area contributed by atoms with Crippen molar-refractivity contribution in [3.63, 3.8) is 0 Å². The summed E-state index contributed by atoms with van der Waals surface area (Å²) in [6.07, 6.45) is 4.38. The fraction of sp³-hybridized carbons (Fsp3) is 0.667. The van der Waals surface area contributed by atoms with Crippen LogP contribution in [0.1, 0.15) is 51.5 Å². The minimum atomic E-state index is 0.421. The van der Waals surface area contributed by atoms with Gasteiger partial charge in [0.15, 0.2) is 0 Å². The summed E-state index contributed by atoms with van der Waals surface area (Å²) in [7, 11) is 0. The highest BCUT2D eigenvalue weighted by molar-refractivity contribution is 9.10. The second-order valence-corrected chi connectivity index (χ2v) is 7.60. The van der Waals surface area contributed by atoms with Gasteiger partial charge in [0, 0.05) is 11.0 Å². The molecule has 3 atom stereocenters. The predicted octanol–water partition coefficient (Wildman–Crippen LogP) is 4.74. The van der Waals surface area contributed by atoms with E-state index < -0.39 is 0 Å². The summed E-state index contributed by atoms with van der Waals surface area (Å²) in [5, 5.41) is 3.62. The Morgan fingerprint density at radius 1 is 1.29 bits per heavy atom. The van der Waals surface area contributed by atoms with E-state index in [-0.39, 0.29) is 0 Å². The van der Waals surface area contributed by atoms with Crippen LogP contribution in [0.2, 0.25) is 0 Å². The number of ether oxygens (including phenoxy) is 1. The fourth-order valence-corrected chi connectivity index (χ4v) is 3.44. The molecular formula is C18H28BrNO.